The van der Waals surface area contributed by atoms with Gasteiger partial charge in [-0.3, -0.25) is 0 Å². The van der Waals surface area contributed by atoms with E-state index in [-0.39, 0.29) is 12.6 Å². The van der Waals surface area contributed by atoms with Gasteiger partial charge in [-0.25, -0.2) is 0 Å². The molecule has 0 saturated heterocycles. The molecule has 0 aromatic heterocycles. The van der Waals surface area contributed by atoms with Crippen LogP contribution in [0.5, 0.6) is 0 Å². The summed E-state index contributed by atoms with van der Waals surface area (Å²) >= 11 is 2.16. The standard InChI is InChI=1S/C5H10BrF2NO/c1-4(2-10)9-3-5(6,7)8/h4,9-10H,2-3H2,1H3. The highest BCUT2D eigenvalue weighted by atomic mass is 79.9. The summed E-state index contributed by atoms with van der Waals surface area (Å²) in [5, 5.41) is 10.8. The molecule has 62 valence electrons. The molecule has 2 nitrogen and oxygen atoms in total. The van der Waals surface area contributed by atoms with Crippen molar-refractivity contribution < 1.29 is 13.9 Å². The first-order chi connectivity index (χ1) is 4.45. The first-order valence-corrected chi connectivity index (χ1v) is 3.66. The Morgan fingerprint density at radius 3 is 2.50 bits per heavy atom. The molecule has 0 heterocycles. The minimum absolute atomic E-state index is 0.136. The van der Waals surface area contributed by atoms with Gasteiger partial charge in [-0.2, -0.15) is 8.78 Å². The summed E-state index contributed by atoms with van der Waals surface area (Å²) in [5.74, 6) is 0. The summed E-state index contributed by atoms with van der Waals surface area (Å²) in [4.78, 5) is -2.88. The van der Waals surface area contributed by atoms with Crippen molar-refractivity contribution in [2.75, 3.05) is 13.2 Å². The fraction of sp³-hybridized carbons (Fsp3) is 1.00. The van der Waals surface area contributed by atoms with Crippen LogP contribution in [0.1, 0.15) is 6.92 Å². The van der Waals surface area contributed by atoms with Crippen LogP contribution in [0.25, 0.3) is 0 Å². The summed E-state index contributed by atoms with van der Waals surface area (Å²) in [6, 6.07) is -0.288. The SMILES string of the molecule is CC(CO)NCC(F)(F)Br. The smallest absolute Gasteiger partial charge is 0.313 e. The molecule has 0 bridgehead atoms. The lowest BCUT2D eigenvalue weighted by molar-refractivity contribution is 0.105. The van der Waals surface area contributed by atoms with E-state index in [1.807, 2.05) is 0 Å². The van der Waals surface area contributed by atoms with Crippen molar-refractivity contribution in [1.29, 1.82) is 0 Å². The normalized spacial score (nSPS) is 15.3. The van der Waals surface area contributed by atoms with E-state index in [9.17, 15) is 8.78 Å². The quantitative estimate of drug-likeness (QED) is 0.688. The van der Waals surface area contributed by atoms with E-state index in [4.69, 9.17) is 5.11 Å². The first kappa shape index (κ1) is 10.3. The van der Waals surface area contributed by atoms with Crippen molar-refractivity contribution >= 4 is 15.9 Å². The number of halogens is 3. The Kier molecular flexibility index (Phi) is 4.31. The number of aliphatic hydroxyl groups is 1. The second-order valence-electron chi connectivity index (χ2n) is 2.08. The summed E-state index contributed by atoms with van der Waals surface area (Å²) < 4.78 is 24.0. The van der Waals surface area contributed by atoms with Crippen LogP contribution >= 0.6 is 15.9 Å². The molecule has 0 aliphatic carbocycles. The van der Waals surface area contributed by atoms with Crippen LogP contribution < -0.4 is 5.32 Å². The van der Waals surface area contributed by atoms with E-state index in [0.29, 0.717) is 0 Å². The van der Waals surface area contributed by atoms with E-state index in [0.717, 1.165) is 0 Å². The maximum absolute atomic E-state index is 12.0. The van der Waals surface area contributed by atoms with E-state index < -0.39 is 11.4 Å². The topological polar surface area (TPSA) is 32.3 Å². The monoisotopic (exact) mass is 217 g/mol. The van der Waals surface area contributed by atoms with E-state index in [1.165, 1.54) is 0 Å². The molecular weight excluding hydrogens is 208 g/mol. The van der Waals surface area contributed by atoms with E-state index >= 15 is 0 Å². The molecule has 0 aromatic rings. The Labute approximate surface area is 66.7 Å². The molecule has 2 N–H and O–H groups in total. The first-order valence-electron chi connectivity index (χ1n) is 2.86. The lowest BCUT2D eigenvalue weighted by Crippen LogP contribution is -2.36. The average molecular weight is 218 g/mol. The molecule has 5 heteroatoms. The van der Waals surface area contributed by atoms with Crippen molar-refractivity contribution in [1.82, 2.24) is 5.32 Å². The third kappa shape index (κ3) is 6.38. The van der Waals surface area contributed by atoms with Crippen LogP contribution in [0.4, 0.5) is 8.78 Å². The van der Waals surface area contributed by atoms with Crippen LogP contribution in [-0.2, 0) is 0 Å². The van der Waals surface area contributed by atoms with Gasteiger partial charge in [0.25, 0.3) is 0 Å². The van der Waals surface area contributed by atoms with Gasteiger partial charge in [0.2, 0.25) is 0 Å². The van der Waals surface area contributed by atoms with Gasteiger partial charge < -0.3 is 10.4 Å². The van der Waals surface area contributed by atoms with Gasteiger partial charge in [-0.1, -0.05) is 0 Å². The average Bonchev–Trinajstić information content (AvgIpc) is 1.81. The second-order valence-corrected chi connectivity index (χ2v) is 3.24. The minimum Gasteiger partial charge on any atom is -0.395 e. The molecule has 0 fully saturated rings. The predicted octanol–water partition coefficient (Wildman–Crippen LogP) is 0.945. The fourth-order valence-electron chi connectivity index (χ4n) is 0.355. The lowest BCUT2D eigenvalue weighted by Gasteiger charge is -2.13. The zero-order valence-electron chi connectivity index (χ0n) is 5.57. The predicted molar refractivity (Wildman–Crippen MR) is 38.4 cm³/mol. The summed E-state index contributed by atoms with van der Waals surface area (Å²) in [6.07, 6.45) is 0. The molecular formula is C5H10BrF2NO. The molecule has 10 heavy (non-hydrogen) atoms. The van der Waals surface area contributed by atoms with Crippen LogP contribution in [0.2, 0.25) is 0 Å². The Bertz CT molecular complexity index is 96.1. The largest absolute Gasteiger partial charge is 0.395 e. The Hall–Kier alpha value is 0.260. The summed E-state index contributed by atoms with van der Waals surface area (Å²) in [7, 11) is 0. The van der Waals surface area contributed by atoms with Gasteiger partial charge >= 0.3 is 4.83 Å². The number of hydrogen-bond acceptors (Lipinski definition) is 2. The van der Waals surface area contributed by atoms with Gasteiger partial charge in [0, 0.05) is 6.04 Å². The fourth-order valence-corrected chi connectivity index (χ4v) is 0.516. The maximum atomic E-state index is 12.0. The molecule has 0 saturated carbocycles. The van der Waals surface area contributed by atoms with Crippen LogP contribution in [-0.4, -0.2) is 29.1 Å². The number of rotatable bonds is 4. The van der Waals surface area contributed by atoms with Crippen LogP contribution in [0.3, 0.4) is 0 Å². The Morgan fingerprint density at radius 1 is 1.70 bits per heavy atom. The van der Waals surface area contributed by atoms with Crippen LogP contribution in [0.15, 0.2) is 0 Å². The summed E-state index contributed by atoms with van der Waals surface area (Å²) in [5.41, 5.74) is 0. The third-order valence-corrected chi connectivity index (χ3v) is 1.21. The zero-order chi connectivity index (χ0) is 8.20. The zero-order valence-corrected chi connectivity index (χ0v) is 7.16. The highest BCUT2D eigenvalue weighted by molar-refractivity contribution is 9.10. The molecule has 0 radical (unpaired) electrons. The van der Waals surface area contributed by atoms with Crippen molar-refractivity contribution in [3.8, 4) is 0 Å². The van der Waals surface area contributed by atoms with Crippen LogP contribution in [0, 0.1) is 0 Å². The van der Waals surface area contributed by atoms with Gasteiger partial charge in [-0.05, 0) is 22.9 Å². The molecule has 1 unspecified atom stereocenters. The van der Waals surface area contributed by atoms with E-state index in [1.54, 1.807) is 6.92 Å². The number of alkyl halides is 3. The molecule has 1 atom stereocenters. The third-order valence-electron chi connectivity index (χ3n) is 0.925. The second kappa shape index (κ2) is 4.20. The van der Waals surface area contributed by atoms with Crippen molar-refractivity contribution in [3.05, 3.63) is 0 Å². The van der Waals surface area contributed by atoms with Gasteiger partial charge in [0.1, 0.15) is 0 Å². The minimum atomic E-state index is -2.88. The lowest BCUT2D eigenvalue weighted by atomic mass is 10.4. The maximum Gasteiger partial charge on any atom is 0.313 e. The van der Waals surface area contributed by atoms with Gasteiger partial charge in [0.15, 0.2) is 0 Å². The highest BCUT2D eigenvalue weighted by Crippen LogP contribution is 2.19. The molecule has 0 spiro atoms. The Balaban J connectivity index is 3.36. The van der Waals surface area contributed by atoms with Crippen molar-refractivity contribution in [2.45, 2.75) is 17.8 Å². The molecule has 0 aliphatic rings. The molecule has 0 amide bonds. The molecule has 0 rings (SSSR count). The number of aliphatic hydroxyl groups excluding tert-OH is 1. The van der Waals surface area contributed by atoms with Crippen molar-refractivity contribution in [2.24, 2.45) is 0 Å². The van der Waals surface area contributed by atoms with Gasteiger partial charge in [0.05, 0.1) is 13.2 Å². The molecule has 0 aromatic carbocycles. The number of hydrogen-bond donors (Lipinski definition) is 2. The summed E-state index contributed by atoms with van der Waals surface area (Å²) in [6.45, 7) is 1.02. The highest BCUT2D eigenvalue weighted by Gasteiger charge is 2.23. The van der Waals surface area contributed by atoms with Gasteiger partial charge in [-0.15, -0.1) is 0 Å². The number of nitrogens with one attached hydrogen (secondary N) is 1. The van der Waals surface area contributed by atoms with E-state index in [2.05, 4.69) is 21.2 Å². The van der Waals surface area contributed by atoms with Crippen molar-refractivity contribution in [3.63, 3.8) is 0 Å². The molecule has 0 aliphatic heterocycles. The Morgan fingerprint density at radius 2 is 2.20 bits per heavy atom.